The zero-order chi connectivity index (χ0) is 26.8. The van der Waals surface area contributed by atoms with E-state index in [1.807, 2.05) is 24.3 Å². The number of benzene rings is 2. The maximum atomic E-state index is 13.7. The quantitative estimate of drug-likeness (QED) is 0.461. The van der Waals surface area contributed by atoms with Gasteiger partial charge in [0.15, 0.2) is 11.5 Å². The molecule has 0 radical (unpaired) electrons. The Hall–Kier alpha value is -4.00. The average Bonchev–Trinajstić information content (AvgIpc) is 3.16. The first-order valence-corrected chi connectivity index (χ1v) is 13.1. The SMILES string of the molecule is COc1cc2c(c(OC)c1OC)-c1ccc(NC3CCCc4ccccc43)c(=O)cc1[C@@H](NC(C)=O)CC2. The maximum absolute atomic E-state index is 13.7. The lowest BCUT2D eigenvalue weighted by Crippen LogP contribution is -2.26. The van der Waals surface area contributed by atoms with Gasteiger partial charge in [-0.1, -0.05) is 30.3 Å². The number of carbonyl (C=O) groups excluding carboxylic acids is 1. The molecule has 0 heterocycles. The van der Waals surface area contributed by atoms with E-state index < -0.39 is 0 Å². The van der Waals surface area contributed by atoms with E-state index in [0.717, 1.165) is 41.5 Å². The molecule has 0 fully saturated rings. The van der Waals surface area contributed by atoms with E-state index in [1.54, 1.807) is 27.4 Å². The summed E-state index contributed by atoms with van der Waals surface area (Å²) in [5.41, 5.74) is 6.40. The second-order valence-electron chi connectivity index (χ2n) is 9.88. The number of fused-ring (bicyclic) bond motifs is 4. The van der Waals surface area contributed by atoms with Crippen molar-refractivity contribution in [3.63, 3.8) is 0 Å². The molecule has 0 saturated heterocycles. The Morgan fingerprint density at radius 1 is 0.842 bits per heavy atom. The van der Waals surface area contributed by atoms with Crippen molar-refractivity contribution in [3.8, 4) is 28.4 Å². The van der Waals surface area contributed by atoms with Gasteiger partial charge in [-0.25, -0.2) is 0 Å². The van der Waals surface area contributed by atoms with Gasteiger partial charge in [0, 0.05) is 12.5 Å². The molecule has 1 unspecified atom stereocenters. The van der Waals surface area contributed by atoms with Crippen molar-refractivity contribution in [2.75, 3.05) is 26.6 Å². The van der Waals surface area contributed by atoms with Crippen LogP contribution >= 0.6 is 0 Å². The van der Waals surface area contributed by atoms with Gasteiger partial charge in [0.05, 0.1) is 39.1 Å². The van der Waals surface area contributed by atoms with Gasteiger partial charge in [-0.05, 0) is 78.1 Å². The van der Waals surface area contributed by atoms with Crippen LogP contribution in [0.25, 0.3) is 11.1 Å². The van der Waals surface area contributed by atoms with Crippen LogP contribution in [0.2, 0.25) is 0 Å². The first kappa shape index (κ1) is 25.6. The topological polar surface area (TPSA) is 85.9 Å². The molecule has 1 amide bonds. The molecule has 0 aromatic heterocycles. The first-order valence-electron chi connectivity index (χ1n) is 13.1. The van der Waals surface area contributed by atoms with Gasteiger partial charge < -0.3 is 24.8 Å². The lowest BCUT2D eigenvalue weighted by atomic mass is 9.87. The Morgan fingerprint density at radius 3 is 2.37 bits per heavy atom. The number of anilines is 1. The highest BCUT2D eigenvalue weighted by Crippen LogP contribution is 2.50. The van der Waals surface area contributed by atoms with E-state index >= 15 is 0 Å². The number of carbonyl (C=O) groups is 1. The fourth-order valence-electron chi connectivity index (χ4n) is 5.92. The Balaban J connectivity index is 1.69. The number of hydrogen-bond donors (Lipinski definition) is 2. The van der Waals surface area contributed by atoms with Crippen molar-refractivity contribution in [1.29, 1.82) is 0 Å². The predicted octanol–water partition coefficient (Wildman–Crippen LogP) is 5.35. The molecule has 0 saturated carbocycles. The van der Waals surface area contributed by atoms with Crippen LogP contribution in [0.3, 0.4) is 0 Å². The Bertz CT molecular complexity index is 1430. The van der Waals surface area contributed by atoms with E-state index in [4.69, 9.17) is 14.2 Å². The van der Waals surface area contributed by atoms with Gasteiger partial charge in [-0.15, -0.1) is 0 Å². The zero-order valence-corrected chi connectivity index (χ0v) is 22.4. The van der Waals surface area contributed by atoms with Crippen LogP contribution < -0.4 is 30.3 Å². The van der Waals surface area contributed by atoms with Crippen LogP contribution in [0.4, 0.5) is 5.69 Å². The van der Waals surface area contributed by atoms with Crippen molar-refractivity contribution in [3.05, 3.63) is 81.0 Å². The van der Waals surface area contributed by atoms with Gasteiger partial charge >= 0.3 is 0 Å². The molecule has 7 heteroatoms. The van der Waals surface area contributed by atoms with Crippen molar-refractivity contribution in [2.45, 2.75) is 51.1 Å². The minimum atomic E-state index is -0.333. The highest BCUT2D eigenvalue weighted by Gasteiger charge is 2.30. The summed E-state index contributed by atoms with van der Waals surface area (Å²) in [6, 6.07) is 15.6. The minimum absolute atomic E-state index is 0.0622. The number of ether oxygens (including phenoxy) is 3. The number of aryl methyl sites for hydroxylation is 2. The van der Waals surface area contributed by atoms with Crippen molar-refractivity contribution >= 4 is 11.6 Å². The predicted molar refractivity (Wildman–Crippen MR) is 148 cm³/mol. The summed E-state index contributed by atoms with van der Waals surface area (Å²) in [5, 5.41) is 6.60. The second kappa shape index (κ2) is 10.8. The van der Waals surface area contributed by atoms with E-state index in [9.17, 15) is 9.59 Å². The first-order chi connectivity index (χ1) is 18.4. The fraction of sp³-hybridized carbons (Fsp3) is 0.355. The third-order valence-electron chi connectivity index (χ3n) is 7.62. The number of methoxy groups -OCH3 is 3. The van der Waals surface area contributed by atoms with E-state index in [0.29, 0.717) is 35.8 Å². The number of hydrogen-bond acceptors (Lipinski definition) is 6. The highest BCUT2D eigenvalue weighted by molar-refractivity contribution is 5.83. The summed E-state index contributed by atoms with van der Waals surface area (Å²) < 4.78 is 17.2. The molecule has 3 aromatic carbocycles. The third kappa shape index (κ3) is 4.69. The molecule has 0 bridgehead atoms. The average molecular weight is 515 g/mol. The molecule has 7 nitrogen and oxygen atoms in total. The number of nitrogens with one attached hydrogen (secondary N) is 2. The molecule has 38 heavy (non-hydrogen) atoms. The van der Waals surface area contributed by atoms with Crippen LogP contribution in [-0.4, -0.2) is 27.2 Å². The largest absolute Gasteiger partial charge is 0.493 e. The van der Waals surface area contributed by atoms with E-state index in [2.05, 4.69) is 28.8 Å². The third-order valence-corrected chi connectivity index (χ3v) is 7.62. The smallest absolute Gasteiger partial charge is 0.217 e. The van der Waals surface area contributed by atoms with Gasteiger partial charge in [-0.2, -0.15) is 0 Å². The van der Waals surface area contributed by atoms with Gasteiger partial charge in [0.1, 0.15) is 0 Å². The molecular weight excluding hydrogens is 480 g/mol. The lowest BCUT2D eigenvalue weighted by Gasteiger charge is -2.26. The number of amides is 1. The Labute approximate surface area is 223 Å². The monoisotopic (exact) mass is 514 g/mol. The second-order valence-corrected chi connectivity index (χ2v) is 9.88. The standard InChI is InChI=1S/C31H34N2O5/c1-18(34)32-25-14-12-20-16-28(36-2)30(37-3)31(38-4)29(20)22-13-15-26(27(35)17-23(22)25)33-24-11-7-9-19-8-5-6-10-21(19)24/h5-6,8,10,13,15-17,24-25H,7,9,11-12,14H2,1-4H3,(H,32,34)(H,33,35)/t24?,25-/m0/s1. The summed E-state index contributed by atoms with van der Waals surface area (Å²) in [6.07, 6.45) is 4.36. The molecule has 2 N–H and O–H groups in total. The molecule has 2 aliphatic rings. The molecule has 198 valence electrons. The highest BCUT2D eigenvalue weighted by atomic mass is 16.5. The van der Waals surface area contributed by atoms with Crippen LogP contribution in [0, 0.1) is 0 Å². The van der Waals surface area contributed by atoms with E-state index in [1.165, 1.54) is 18.1 Å². The zero-order valence-electron chi connectivity index (χ0n) is 22.4. The van der Waals surface area contributed by atoms with Crippen molar-refractivity contribution < 1.29 is 19.0 Å². The fourth-order valence-corrected chi connectivity index (χ4v) is 5.92. The number of rotatable bonds is 6. The minimum Gasteiger partial charge on any atom is -0.493 e. The van der Waals surface area contributed by atoms with Crippen molar-refractivity contribution in [1.82, 2.24) is 5.32 Å². The summed E-state index contributed by atoms with van der Waals surface area (Å²) in [6.45, 7) is 1.50. The molecular formula is C31H34N2O5. The normalized spacial score (nSPS) is 17.7. The van der Waals surface area contributed by atoms with Crippen LogP contribution in [0.5, 0.6) is 17.2 Å². The molecule has 5 rings (SSSR count). The molecule has 2 aliphatic carbocycles. The maximum Gasteiger partial charge on any atom is 0.217 e. The van der Waals surface area contributed by atoms with Gasteiger partial charge in [0.25, 0.3) is 0 Å². The Morgan fingerprint density at radius 2 is 1.63 bits per heavy atom. The summed E-state index contributed by atoms with van der Waals surface area (Å²) >= 11 is 0. The molecule has 3 aromatic rings. The van der Waals surface area contributed by atoms with Gasteiger partial charge in [0.2, 0.25) is 17.1 Å². The lowest BCUT2D eigenvalue weighted by molar-refractivity contribution is -0.119. The Kier molecular flexibility index (Phi) is 7.27. The van der Waals surface area contributed by atoms with Crippen LogP contribution in [0.15, 0.2) is 53.3 Å². The molecule has 2 atom stereocenters. The van der Waals surface area contributed by atoms with Crippen LogP contribution in [0.1, 0.15) is 60.5 Å². The van der Waals surface area contributed by atoms with Crippen LogP contribution in [-0.2, 0) is 17.6 Å². The summed E-state index contributed by atoms with van der Waals surface area (Å²) in [4.78, 5) is 25.8. The summed E-state index contributed by atoms with van der Waals surface area (Å²) in [7, 11) is 4.78. The van der Waals surface area contributed by atoms with E-state index in [-0.39, 0.29) is 23.4 Å². The molecule has 0 aliphatic heterocycles. The van der Waals surface area contributed by atoms with Crippen molar-refractivity contribution in [2.24, 2.45) is 0 Å². The summed E-state index contributed by atoms with van der Waals surface area (Å²) in [5.74, 6) is 1.46. The van der Waals surface area contributed by atoms with Gasteiger partial charge in [-0.3, -0.25) is 9.59 Å². The molecule has 0 spiro atoms.